The first-order valence-corrected chi connectivity index (χ1v) is 13.0. The van der Waals surface area contributed by atoms with Gasteiger partial charge in [-0.05, 0) is 42.4 Å². The Morgan fingerprint density at radius 3 is 1.37 bits per heavy atom. The van der Waals surface area contributed by atoms with Crippen molar-refractivity contribution in [3.63, 3.8) is 0 Å². The smallest absolute Gasteiger partial charge is 0.0571 e. The third-order valence-electron chi connectivity index (χ3n) is 6.05. The fraction of sp³-hybridized carbons (Fsp3) is 0.280. The summed E-state index contributed by atoms with van der Waals surface area (Å²) in [6.45, 7) is 7.17. The second kappa shape index (κ2) is 9.05. The average Bonchev–Trinajstić information content (AvgIpc) is 2.75. The highest BCUT2D eigenvalue weighted by Crippen LogP contribution is 2.34. The Balaban J connectivity index is 1.93. The van der Waals surface area contributed by atoms with Gasteiger partial charge in [0.1, 0.15) is 0 Å². The van der Waals surface area contributed by atoms with Gasteiger partial charge in [-0.1, -0.05) is 93.0 Å². The predicted molar refractivity (Wildman–Crippen MR) is 122 cm³/mol. The number of rotatable bonds is 8. The number of anilines is 3. The van der Waals surface area contributed by atoms with Gasteiger partial charge in [-0.2, -0.15) is 0 Å². The molecule has 0 N–H and O–H groups in total. The van der Waals surface area contributed by atoms with E-state index >= 15 is 0 Å². The summed E-state index contributed by atoms with van der Waals surface area (Å²) in [5.74, 6) is 0. The zero-order valence-electron chi connectivity index (χ0n) is 16.9. The van der Waals surface area contributed by atoms with Crippen LogP contribution in [0.4, 0.5) is 17.1 Å². The number of hydrogen-bond acceptors (Lipinski definition) is 1. The Bertz CT molecular complexity index is 760. The molecule has 140 valence electrons. The van der Waals surface area contributed by atoms with Gasteiger partial charge in [0.2, 0.25) is 0 Å². The summed E-state index contributed by atoms with van der Waals surface area (Å²) < 4.78 is 0. The Morgan fingerprint density at radius 2 is 0.963 bits per heavy atom. The zero-order valence-corrected chi connectivity index (χ0v) is 17.9. The summed E-state index contributed by atoms with van der Waals surface area (Å²) in [4.78, 5) is 2.33. The Morgan fingerprint density at radius 1 is 0.556 bits per heavy atom. The molecule has 0 aliphatic carbocycles. The van der Waals surface area contributed by atoms with E-state index in [0.717, 1.165) is 0 Å². The molecule has 0 unspecified atom stereocenters. The van der Waals surface area contributed by atoms with Crippen LogP contribution in [0.1, 0.15) is 26.3 Å². The lowest BCUT2D eigenvalue weighted by Crippen LogP contribution is -2.34. The molecule has 0 aliphatic heterocycles. The Kier molecular flexibility index (Phi) is 6.52. The zero-order chi connectivity index (χ0) is 19.1. The van der Waals surface area contributed by atoms with Crippen LogP contribution in [0, 0.1) is 0 Å². The topological polar surface area (TPSA) is 3.24 Å². The van der Waals surface area contributed by atoms with Crippen molar-refractivity contribution in [3.05, 3.63) is 90.5 Å². The monoisotopic (exact) mass is 373 g/mol. The van der Waals surface area contributed by atoms with Gasteiger partial charge >= 0.3 is 0 Å². The molecular weight excluding hydrogens is 342 g/mol. The van der Waals surface area contributed by atoms with Gasteiger partial charge in [-0.3, -0.25) is 0 Å². The van der Waals surface area contributed by atoms with Crippen molar-refractivity contribution in [1.82, 2.24) is 0 Å². The molecule has 2 heteroatoms. The molecule has 3 aromatic carbocycles. The molecule has 27 heavy (non-hydrogen) atoms. The standard InChI is InChI=1S/C25H31NSi/c1-4-27(5-2,6-3)21-22-17-19-25(20-18-22)26(23-13-9-7-10-14-23)24-15-11-8-12-16-24/h7-20H,4-6,21H2,1-3H3. The molecule has 0 saturated heterocycles. The first-order valence-electron chi connectivity index (χ1n) is 10.2. The summed E-state index contributed by atoms with van der Waals surface area (Å²) in [5.41, 5.74) is 5.09. The van der Waals surface area contributed by atoms with Crippen molar-refractivity contribution < 1.29 is 0 Å². The van der Waals surface area contributed by atoms with E-state index in [0.29, 0.717) is 0 Å². The molecule has 0 bridgehead atoms. The lowest BCUT2D eigenvalue weighted by molar-refractivity contribution is 1.10. The molecule has 3 rings (SSSR count). The van der Waals surface area contributed by atoms with Crippen LogP contribution in [-0.2, 0) is 6.04 Å². The van der Waals surface area contributed by atoms with Crippen molar-refractivity contribution in [1.29, 1.82) is 0 Å². The molecule has 0 heterocycles. The fourth-order valence-corrected chi connectivity index (χ4v) is 7.27. The number of benzene rings is 3. The lowest BCUT2D eigenvalue weighted by atomic mass is 10.1. The fourth-order valence-electron chi connectivity index (χ4n) is 3.92. The molecule has 1 nitrogen and oxygen atoms in total. The quantitative estimate of drug-likeness (QED) is 0.365. The highest BCUT2D eigenvalue weighted by atomic mass is 28.3. The maximum atomic E-state index is 2.39. The highest BCUT2D eigenvalue weighted by molar-refractivity contribution is 6.79. The first kappa shape index (κ1) is 19.4. The van der Waals surface area contributed by atoms with Crippen molar-refractivity contribution in [3.8, 4) is 0 Å². The van der Waals surface area contributed by atoms with Gasteiger partial charge in [0.15, 0.2) is 0 Å². The van der Waals surface area contributed by atoms with Gasteiger partial charge in [-0.25, -0.2) is 0 Å². The third-order valence-corrected chi connectivity index (χ3v) is 11.7. The molecular formula is C25H31NSi. The summed E-state index contributed by atoms with van der Waals surface area (Å²) in [6.07, 6.45) is 0. The van der Waals surface area contributed by atoms with Crippen LogP contribution in [0.15, 0.2) is 84.9 Å². The van der Waals surface area contributed by atoms with Gasteiger partial charge < -0.3 is 4.90 Å². The van der Waals surface area contributed by atoms with E-state index in [1.807, 2.05) is 0 Å². The maximum absolute atomic E-state index is 2.39. The van der Waals surface area contributed by atoms with E-state index in [1.54, 1.807) is 0 Å². The normalized spacial score (nSPS) is 11.4. The van der Waals surface area contributed by atoms with Gasteiger partial charge in [0.25, 0.3) is 0 Å². The van der Waals surface area contributed by atoms with E-state index in [1.165, 1.54) is 46.8 Å². The Hall–Kier alpha value is -2.32. The second-order valence-corrected chi connectivity index (χ2v) is 12.9. The lowest BCUT2D eigenvalue weighted by Gasteiger charge is -2.29. The van der Waals surface area contributed by atoms with Crippen LogP contribution in [-0.4, -0.2) is 8.07 Å². The molecule has 0 amide bonds. The number of para-hydroxylation sites is 2. The molecule has 0 spiro atoms. The molecule has 0 fully saturated rings. The van der Waals surface area contributed by atoms with Gasteiger partial charge in [0.05, 0.1) is 8.07 Å². The number of nitrogens with zero attached hydrogens (tertiary/aromatic N) is 1. The van der Waals surface area contributed by atoms with E-state index in [2.05, 4.69) is 111 Å². The van der Waals surface area contributed by atoms with E-state index in [-0.39, 0.29) is 0 Å². The van der Waals surface area contributed by atoms with Crippen molar-refractivity contribution >= 4 is 25.1 Å². The third kappa shape index (κ3) is 4.51. The van der Waals surface area contributed by atoms with Crippen LogP contribution in [0.3, 0.4) is 0 Å². The van der Waals surface area contributed by atoms with Gasteiger partial charge in [0, 0.05) is 17.1 Å². The van der Waals surface area contributed by atoms with Crippen LogP contribution in [0.2, 0.25) is 18.1 Å². The molecule has 0 saturated carbocycles. The maximum Gasteiger partial charge on any atom is 0.0571 e. The molecule has 0 aromatic heterocycles. The Labute approximate surface area is 165 Å². The predicted octanol–water partition coefficient (Wildman–Crippen LogP) is 7.75. The molecule has 3 aromatic rings. The summed E-state index contributed by atoms with van der Waals surface area (Å²) in [6, 6.07) is 35.9. The first-order chi connectivity index (χ1) is 13.2. The minimum absolute atomic E-state index is 1.14. The highest BCUT2D eigenvalue weighted by Gasteiger charge is 2.26. The summed E-state index contributed by atoms with van der Waals surface area (Å²) in [7, 11) is -1.14. The van der Waals surface area contributed by atoms with Crippen molar-refractivity contribution in [2.75, 3.05) is 4.90 Å². The van der Waals surface area contributed by atoms with Crippen LogP contribution >= 0.6 is 0 Å². The SMILES string of the molecule is CC[Si](CC)(CC)Cc1ccc(N(c2ccccc2)c2ccccc2)cc1. The largest absolute Gasteiger partial charge is 0.311 e. The van der Waals surface area contributed by atoms with Crippen LogP contribution in [0.5, 0.6) is 0 Å². The van der Waals surface area contributed by atoms with Gasteiger partial charge in [-0.15, -0.1) is 0 Å². The average molecular weight is 374 g/mol. The van der Waals surface area contributed by atoms with E-state index < -0.39 is 8.07 Å². The second-order valence-electron chi connectivity index (χ2n) is 7.41. The molecule has 0 radical (unpaired) electrons. The molecule has 0 atom stereocenters. The van der Waals surface area contributed by atoms with E-state index in [4.69, 9.17) is 0 Å². The minimum atomic E-state index is -1.14. The summed E-state index contributed by atoms with van der Waals surface area (Å²) >= 11 is 0. The van der Waals surface area contributed by atoms with E-state index in [9.17, 15) is 0 Å². The number of hydrogen-bond donors (Lipinski definition) is 0. The van der Waals surface area contributed by atoms with Crippen molar-refractivity contribution in [2.24, 2.45) is 0 Å². The van der Waals surface area contributed by atoms with Crippen LogP contribution in [0.25, 0.3) is 0 Å². The minimum Gasteiger partial charge on any atom is -0.311 e. The molecule has 0 aliphatic rings. The summed E-state index contributed by atoms with van der Waals surface area (Å²) in [5, 5.41) is 0. The van der Waals surface area contributed by atoms with Crippen molar-refractivity contribution in [2.45, 2.75) is 44.9 Å². The van der Waals surface area contributed by atoms with Crippen LogP contribution < -0.4 is 4.90 Å².